The minimum absolute atomic E-state index is 0.171. The molecule has 0 bridgehead atoms. The summed E-state index contributed by atoms with van der Waals surface area (Å²) in [6, 6.07) is 0.355. The lowest BCUT2D eigenvalue weighted by Crippen LogP contribution is -2.55. The molecule has 2 aliphatic rings. The summed E-state index contributed by atoms with van der Waals surface area (Å²) in [5.41, 5.74) is 5.89. The van der Waals surface area contributed by atoms with E-state index < -0.39 is 0 Å². The number of amides is 2. The Bertz CT molecular complexity index is 250. The summed E-state index contributed by atoms with van der Waals surface area (Å²) in [5, 5.41) is 0. The molecule has 16 heavy (non-hydrogen) atoms. The Morgan fingerprint density at radius 1 is 1.12 bits per heavy atom. The van der Waals surface area contributed by atoms with Gasteiger partial charge in [0.25, 0.3) is 0 Å². The van der Waals surface area contributed by atoms with Crippen LogP contribution in [0.3, 0.4) is 0 Å². The second-order valence-electron chi connectivity index (χ2n) is 4.92. The predicted octanol–water partition coefficient (Wildman–Crippen LogP) is -0.223. The molecule has 2 fully saturated rings. The third kappa shape index (κ3) is 2.65. The van der Waals surface area contributed by atoms with Crippen molar-refractivity contribution in [2.24, 2.45) is 5.73 Å². The maximum absolute atomic E-state index is 12.2. The molecule has 0 saturated carbocycles. The van der Waals surface area contributed by atoms with E-state index >= 15 is 0 Å². The van der Waals surface area contributed by atoms with Gasteiger partial charge in [-0.05, 0) is 19.9 Å². The molecular weight excluding hydrogens is 204 g/mol. The van der Waals surface area contributed by atoms with Crippen molar-refractivity contribution in [1.29, 1.82) is 0 Å². The third-order valence-electron chi connectivity index (χ3n) is 3.50. The highest BCUT2D eigenvalue weighted by Crippen LogP contribution is 2.12. The van der Waals surface area contributed by atoms with Crippen molar-refractivity contribution in [2.45, 2.75) is 18.9 Å². The molecule has 92 valence electrons. The number of nitrogens with zero attached hydrogens (tertiary/aromatic N) is 3. The summed E-state index contributed by atoms with van der Waals surface area (Å²) in [4.78, 5) is 18.3. The van der Waals surface area contributed by atoms with E-state index in [4.69, 9.17) is 5.73 Å². The number of piperazine rings is 1. The molecule has 2 N–H and O–H groups in total. The van der Waals surface area contributed by atoms with Crippen molar-refractivity contribution >= 4 is 6.03 Å². The van der Waals surface area contributed by atoms with Gasteiger partial charge >= 0.3 is 6.03 Å². The first-order valence-corrected chi connectivity index (χ1v) is 6.15. The zero-order valence-electron chi connectivity index (χ0n) is 10.1. The molecule has 0 aliphatic carbocycles. The molecule has 0 aromatic heterocycles. The molecule has 2 heterocycles. The highest BCUT2D eigenvalue weighted by Gasteiger charge is 2.27. The quantitative estimate of drug-likeness (QED) is 0.621. The Kier molecular flexibility index (Phi) is 3.66. The molecular formula is C11H22N4O. The Labute approximate surface area is 97.2 Å². The summed E-state index contributed by atoms with van der Waals surface area (Å²) < 4.78 is 0. The highest BCUT2D eigenvalue weighted by atomic mass is 16.2. The molecule has 1 atom stereocenters. The number of hydrogen-bond acceptors (Lipinski definition) is 3. The summed E-state index contributed by atoms with van der Waals surface area (Å²) in [6.45, 7) is 5.25. The lowest BCUT2D eigenvalue weighted by atomic mass is 10.1. The first-order valence-electron chi connectivity index (χ1n) is 6.15. The van der Waals surface area contributed by atoms with Gasteiger partial charge in [-0.25, -0.2) is 4.79 Å². The van der Waals surface area contributed by atoms with Gasteiger partial charge in [0.1, 0.15) is 0 Å². The van der Waals surface area contributed by atoms with Crippen molar-refractivity contribution in [3.63, 3.8) is 0 Å². The Morgan fingerprint density at radius 3 is 2.44 bits per heavy atom. The van der Waals surface area contributed by atoms with E-state index in [9.17, 15) is 4.79 Å². The minimum Gasteiger partial charge on any atom is -0.326 e. The first-order chi connectivity index (χ1) is 7.66. The summed E-state index contributed by atoms with van der Waals surface area (Å²) >= 11 is 0. The maximum atomic E-state index is 12.2. The van der Waals surface area contributed by atoms with Gasteiger partial charge in [0.2, 0.25) is 0 Å². The smallest absolute Gasteiger partial charge is 0.320 e. The molecule has 0 aromatic rings. The van der Waals surface area contributed by atoms with Gasteiger partial charge in [0.05, 0.1) is 0 Å². The van der Waals surface area contributed by atoms with Crippen LogP contribution in [0.25, 0.3) is 0 Å². The van der Waals surface area contributed by atoms with Crippen molar-refractivity contribution in [3.8, 4) is 0 Å². The summed E-state index contributed by atoms with van der Waals surface area (Å²) in [6.07, 6.45) is 2.09. The van der Waals surface area contributed by atoms with E-state index in [0.717, 1.165) is 52.1 Å². The Hall–Kier alpha value is -0.810. The Morgan fingerprint density at radius 2 is 1.81 bits per heavy atom. The lowest BCUT2D eigenvalue weighted by molar-refractivity contribution is 0.113. The van der Waals surface area contributed by atoms with Crippen LogP contribution >= 0.6 is 0 Å². The highest BCUT2D eigenvalue weighted by molar-refractivity contribution is 5.74. The molecule has 2 aliphatic heterocycles. The van der Waals surface area contributed by atoms with Crippen molar-refractivity contribution in [3.05, 3.63) is 0 Å². The van der Waals surface area contributed by atoms with Gasteiger partial charge in [-0.2, -0.15) is 0 Å². The lowest BCUT2D eigenvalue weighted by Gasteiger charge is -2.38. The fourth-order valence-corrected chi connectivity index (χ4v) is 2.38. The molecule has 2 rings (SSSR count). The van der Waals surface area contributed by atoms with E-state index in [2.05, 4.69) is 11.9 Å². The molecule has 2 saturated heterocycles. The maximum Gasteiger partial charge on any atom is 0.320 e. The fraction of sp³-hybridized carbons (Fsp3) is 0.909. The van der Waals surface area contributed by atoms with Crippen LogP contribution < -0.4 is 5.73 Å². The number of piperidine rings is 1. The van der Waals surface area contributed by atoms with Crippen LogP contribution in [0.5, 0.6) is 0 Å². The number of likely N-dealkylation sites (N-methyl/N-ethyl adjacent to an activating group) is 1. The number of carbonyl (C=O) groups is 1. The zero-order valence-corrected chi connectivity index (χ0v) is 10.1. The number of nitrogens with two attached hydrogens (primary N) is 1. The van der Waals surface area contributed by atoms with E-state index in [0.29, 0.717) is 0 Å². The average molecular weight is 226 g/mol. The topological polar surface area (TPSA) is 52.8 Å². The predicted molar refractivity (Wildman–Crippen MR) is 63.2 cm³/mol. The largest absolute Gasteiger partial charge is 0.326 e. The zero-order chi connectivity index (χ0) is 11.5. The minimum atomic E-state index is 0.171. The number of carbonyl (C=O) groups excluding carboxylic acids is 1. The van der Waals surface area contributed by atoms with Crippen LogP contribution in [0.15, 0.2) is 0 Å². The second kappa shape index (κ2) is 5.01. The molecule has 0 unspecified atom stereocenters. The van der Waals surface area contributed by atoms with Crippen molar-refractivity contribution in [1.82, 2.24) is 14.7 Å². The fourth-order valence-electron chi connectivity index (χ4n) is 2.38. The van der Waals surface area contributed by atoms with E-state index in [1.165, 1.54) is 0 Å². The van der Waals surface area contributed by atoms with Gasteiger partial charge in [-0.1, -0.05) is 0 Å². The third-order valence-corrected chi connectivity index (χ3v) is 3.50. The number of rotatable bonds is 0. The monoisotopic (exact) mass is 226 g/mol. The van der Waals surface area contributed by atoms with Crippen LogP contribution in [-0.4, -0.2) is 73.1 Å². The second-order valence-corrected chi connectivity index (χ2v) is 4.92. The summed E-state index contributed by atoms with van der Waals surface area (Å²) in [5.74, 6) is 0. The average Bonchev–Trinajstić information content (AvgIpc) is 2.29. The van der Waals surface area contributed by atoms with Crippen LogP contribution in [0.2, 0.25) is 0 Å². The van der Waals surface area contributed by atoms with Crippen LogP contribution in [0.1, 0.15) is 12.8 Å². The molecule has 5 heteroatoms. The molecule has 0 aromatic carbocycles. The molecule has 0 spiro atoms. The van der Waals surface area contributed by atoms with Gasteiger partial charge in [-0.15, -0.1) is 0 Å². The van der Waals surface area contributed by atoms with Crippen molar-refractivity contribution < 1.29 is 4.79 Å². The molecule has 5 nitrogen and oxygen atoms in total. The van der Waals surface area contributed by atoms with Crippen LogP contribution in [0, 0.1) is 0 Å². The number of hydrogen-bond donors (Lipinski definition) is 1. The van der Waals surface area contributed by atoms with Gasteiger partial charge in [0, 0.05) is 45.3 Å². The van der Waals surface area contributed by atoms with Crippen LogP contribution in [0.4, 0.5) is 4.79 Å². The van der Waals surface area contributed by atoms with E-state index in [-0.39, 0.29) is 12.1 Å². The Balaban J connectivity index is 1.86. The molecule has 0 radical (unpaired) electrons. The van der Waals surface area contributed by atoms with Gasteiger partial charge in [-0.3, -0.25) is 0 Å². The SMILES string of the molecule is CN1CCN(C(=O)N2CCC[C@H](N)C2)CC1. The number of urea groups is 1. The van der Waals surface area contributed by atoms with E-state index in [1.54, 1.807) is 0 Å². The van der Waals surface area contributed by atoms with Crippen LogP contribution in [-0.2, 0) is 0 Å². The first kappa shape index (κ1) is 11.7. The van der Waals surface area contributed by atoms with Gasteiger partial charge < -0.3 is 20.4 Å². The molecule has 2 amide bonds. The number of likely N-dealkylation sites (tertiary alicyclic amines) is 1. The standard InChI is InChI=1S/C11H22N4O/c1-13-5-7-14(8-6-13)11(16)15-4-2-3-10(12)9-15/h10H,2-9,12H2,1H3/t10-/m0/s1. The van der Waals surface area contributed by atoms with Crippen molar-refractivity contribution in [2.75, 3.05) is 46.3 Å². The van der Waals surface area contributed by atoms with E-state index in [1.807, 2.05) is 9.80 Å². The normalized spacial score (nSPS) is 28.2. The van der Waals surface area contributed by atoms with Gasteiger partial charge in [0.15, 0.2) is 0 Å². The summed E-state index contributed by atoms with van der Waals surface area (Å²) in [7, 11) is 2.10.